The van der Waals surface area contributed by atoms with Gasteiger partial charge in [-0.1, -0.05) is 0 Å². The van der Waals surface area contributed by atoms with Crippen molar-refractivity contribution in [2.45, 2.75) is 57.4 Å². The van der Waals surface area contributed by atoms with Gasteiger partial charge in [-0.15, -0.1) is 0 Å². The van der Waals surface area contributed by atoms with E-state index in [1.165, 1.54) is 6.42 Å². The van der Waals surface area contributed by atoms with Crippen molar-refractivity contribution in [3.05, 3.63) is 0 Å². The third-order valence-corrected chi connectivity index (χ3v) is 3.04. The Morgan fingerprint density at radius 2 is 1.73 bits per heavy atom. The second kappa shape index (κ2) is 2.44. The molecule has 1 nitrogen and oxygen atoms in total. The van der Waals surface area contributed by atoms with Crippen molar-refractivity contribution in [1.82, 2.24) is 4.90 Å². The van der Waals surface area contributed by atoms with E-state index in [0.717, 1.165) is 12.8 Å². The number of piperidine rings is 1. The number of hydrogen-bond acceptors (Lipinski definition) is 1. The minimum atomic E-state index is -0.506. The summed E-state index contributed by atoms with van der Waals surface area (Å²) in [4.78, 5) is 2.47. The van der Waals surface area contributed by atoms with Crippen molar-refractivity contribution >= 4 is 0 Å². The third-order valence-electron chi connectivity index (χ3n) is 3.04. The molecule has 0 spiro atoms. The molecule has 3 rings (SSSR count). The molecule has 2 saturated heterocycles. The minimum Gasteiger partial charge on any atom is -0.295 e. The lowest BCUT2D eigenvalue weighted by atomic mass is 9.77. The first-order chi connectivity index (χ1) is 5.18. The van der Waals surface area contributed by atoms with Gasteiger partial charge in [-0.25, -0.2) is 4.39 Å². The van der Waals surface area contributed by atoms with E-state index in [-0.39, 0.29) is 0 Å². The third kappa shape index (κ3) is 1.08. The van der Waals surface area contributed by atoms with E-state index >= 15 is 0 Å². The first kappa shape index (κ1) is 7.53. The number of hydrogen-bond donors (Lipinski definition) is 0. The van der Waals surface area contributed by atoms with Crippen LogP contribution in [0.4, 0.5) is 4.39 Å². The van der Waals surface area contributed by atoms with Crippen LogP contribution in [0.3, 0.4) is 0 Å². The summed E-state index contributed by atoms with van der Waals surface area (Å²) in [5.41, 5.74) is 0. The van der Waals surface area contributed by atoms with Gasteiger partial charge in [0.15, 0.2) is 0 Å². The smallest absolute Gasteiger partial charge is 0.103 e. The van der Waals surface area contributed by atoms with Crippen LogP contribution in [0, 0.1) is 0 Å². The van der Waals surface area contributed by atoms with Crippen LogP contribution in [0.5, 0.6) is 0 Å². The first-order valence-electron chi connectivity index (χ1n) is 4.60. The second-order valence-electron chi connectivity index (χ2n) is 4.15. The fourth-order valence-corrected chi connectivity index (χ4v) is 2.68. The molecule has 2 aliphatic heterocycles. The van der Waals surface area contributed by atoms with Gasteiger partial charge in [-0.3, -0.25) is 4.90 Å². The molecule has 1 aliphatic carbocycles. The monoisotopic (exact) mass is 157 g/mol. The molecular formula is C9H16FN. The molecule has 2 bridgehead atoms. The number of halogens is 1. The second-order valence-corrected chi connectivity index (χ2v) is 4.15. The highest BCUT2D eigenvalue weighted by Crippen LogP contribution is 2.40. The molecule has 64 valence electrons. The Balaban J connectivity index is 1.98. The van der Waals surface area contributed by atoms with E-state index in [0.29, 0.717) is 18.1 Å². The number of rotatable bonds is 1. The normalized spacial score (nSPS) is 44.2. The Kier molecular flexibility index (Phi) is 1.67. The molecule has 3 fully saturated rings. The molecule has 3 aliphatic rings. The predicted octanol–water partition coefficient (Wildman–Crippen LogP) is 1.97. The lowest BCUT2D eigenvalue weighted by Crippen LogP contribution is -2.63. The summed E-state index contributed by atoms with van der Waals surface area (Å²) in [5.74, 6) is 0. The molecule has 11 heavy (non-hydrogen) atoms. The van der Waals surface area contributed by atoms with Crippen molar-refractivity contribution in [3.63, 3.8) is 0 Å². The van der Waals surface area contributed by atoms with Crippen molar-refractivity contribution in [2.75, 3.05) is 0 Å². The van der Waals surface area contributed by atoms with Crippen LogP contribution >= 0.6 is 0 Å². The number of fused-ring (bicyclic) bond motifs is 2. The summed E-state index contributed by atoms with van der Waals surface area (Å²) < 4.78 is 12.9. The van der Waals surface area contributed by atoms with E-state index in [1.807, 2.05) is 0 Å². The lowest BCUT2D eigenvalue weighted by molar-refractivity contribution is -0.0789. The van der Waals surface area contributed by atoms with Crippen LogP contribution in [0.1, 0.15) is 33.1 Å². The van der Waals surface area contributed by atoms with E-state index in [9.17, 15) is 4.39 Å². The summed E-state index contributed by atoms with van der Waals surface area (Å²) in [6.45, 7) is 4.41. The lowest BCUT2D eigenvalue weighted by Gasteiger charge is -2.56. The van der Waals surface area contributed by atoms with Crippen LogP contribution in [-0.2, 0) is 0 Å². The van der Waals surface area contributed by atoms with Gasteiger partial charge < -0.3 is 0 Å². The van der Waals surface area contributed by atoms with Gasteiger partial charge in [-0.05, 0) is 33.1 Å². The van der Waals surface area contributed by atoms with Gasteiger partial charge in [0, 0.05) is 18.1 Å². The van der Waals surface area contributed by atoms with Crippen molar-refractivity contribution in [3.8, 4) is 0 Å². The van der Waals surface area contributed by atoms with Crippen LogP contribution in [-0.4, -0.2) is 29.2 Å². The minimum absolute atomic E-state index is 0.506. The van der Waals surface area contributed by atoms with Gasteiger partial charge in [0.25, 0.3) is 0 Å². The predicted molar refractivity (Wildman–Crippen MR) is 43.3 cm³/mol. The quantitative estimate of drug-likeness (QED) is 0.562. The van der Waals surface area contributed by atoms with Gasteiger partial charge in [0.2, 0.25) is 0 Å². The van der Waals surface area contributed by atoms with Gasteiger partial charge in [0.05, 0.1) is 0 Å². The number of alkyl halides is 1. The Morgan fingerprint density at radius 1 is 1.18 bits per heavy atom. The first-order valence-corrected chi connectivity index (χ1v) is 4.60. The summed E-state index contributed by atoms with van der Waals surface area (Å²) in [6, 6.07) is 1.76. The van der Waals surface area contributed by atoms with E-state index in [1.54, 1.807) is 0 Å². The zero-order chi connectivity index (χ0) is 8.01. The average Bonchev–Trinajstić information content (AvgIpc) is 1.84. The molecule has 0 N–H and O–H groups in total. The standard InChI is InChI=1S/C9H16FN/c1-6(2)11-8-3-7(10)4-9(11)5-8/h6-9H,3-5H2,1-2H3. The molecule has 0 aromatic carbocycles. The molecular weight excluding hydrogens is 141 g/mol. The average molecular weight is 157 g/mol. The maximum absolute atomic E-state index is 12.9. The summed E-state index contributed by atoms with van der Waals surface area (Å²) >= 11 is 0. The van der Waals surface area contributed by atoms with E-state index < -0.39 is 6.17 Å². The zero-order valence-corrected chi connectivity index (χ0v) is 7.26. The Hall–Kier alpha value is -0.110. The van der Waals surface area contributed by atoms with Crippen molar-refractivity contribution in [2.24, 2.45) is 0 Å². The van der Waals surface area contributed by atoms with Crippen molar-refractivity contribution in [1.29, 1.82) is 0 Å². The molecule has 0 aromatic heterocycles. The Morgan fingerprint density at radius 3 is 2.18 bits per heavy atom. The molecule has 2 heteroatoms. The molecule has 0 radical (unpaired) electrons. The van der Waals surface area contributed by atoms with Crippen LogP contribution < -0.4 is 0 Å². The fourth-order valence-electron chi connectivity index (χ4n) is 2.68. The highest BCUT2D eigenvalue weighted by molar-refractivity contribution is 5.01. The van der Waals surface area contributed by atoms with Gasteiger partial charge in [-0.2, -0.15) is 0 Å². The highest BCUT2D eigenvalue weighted by atomic mass is 19.1. The van der Waals surface area contributed by atoms with Crippen LogP contribution in [0.15, 0.2) is 0 Å². The van der Waals surface area contributed by atoms with Crippen LogP contribution in [0.2, 0.25) is 0 Å². The molecule has 1 saturated carbocycles. The van der Waals surface area contributed by atoms with Gasteiger partial charge in [0.1, 0.15) is 6.17 Å². The molecule has 2 atom stereocenters. The number of nitrogens with zero attached hydrogens (tertiary/aromatic N) is 1. The maximum atomic E-state index is 12.9. The summed E-state index contributed by atoms with van der Waals surface area (Å²) in [5, 5.41) is 0. The van der Waals surface area contributed by atoms with E-state index in [4.69, 9.17) is 0 Å². The van der Waals surface area contributed by atoms with E-state index in [2.05, 4.69) is 18.7 Å². The SMILES string of the molecule is CC(C)N1C2CC(F)CC1C2. The maximum Gasteiger partial charge on any atom is 0.103 e. The molecule has 2 unspecified atom stereocenters. The molecule has 0 aromatic rings. The largest absolute Gasteiger partial charge is 0.295 e. The van der Waals surface area contributed by atoms with Gasteiger partial charge >= 0.3 is 0 Å². The fraction of sp³-hybridized carbons (Fsp3) is 1.00. The Bertz CT molecular complexity index is 146. The molecule has 2 heterocycles. The summed E-state index contributed by atoms with van der Waals surface area (Å²) in [6.07, 6.45) is 2.32. The van der Waals surface area contributed by atoms with Crippen molar-refractivity contribution < 1.29 is 4.39 Å². The molecule has 0 amide bonds. The summed E-state index contributed by atoms with van der Waals surface area (Å²) in [7, 11) is 0. The van der Waals surface area contributed by atoms with Crippen LogP contribution in [0.25, 0.3) is 0 Å². The zero-order valence-electron chi connectivity index (χ0n) is 7.26. The topological polar surface area (TPSA) is 3.24 Å². The Labute approximate surface area is 67.6 Å². The highest BCUT2D eigenvalue weighted by Gasteiger charge is 2.46.